The van der Waals surface area contributed by atoms with E-state index in [9.17, 15) is 4.79 Å². The first-order valence-corrected chi connectivity index (χ1v) is 7.50. The van der Waals surface area contributed by atoms with Gasteiger partial charge >= 0.3 is 6.03 Å². The third-order valence-electron chi connectivity index (χ3n) is 3.91. The highest BCUT2D eigenvalue weighted by Gasteiger charge is 2.22. The minimum atomic E-state index is -0.185. The van der Waals surface area contributed by atoms with Gasteiger partial charge in [-0.15, -0.1) is 0 Å². The molecule has 4 heteroatoms. The van der Waals surface area contributed by atoms with E-state index in [2.05, 4.69) is 10.6 Å². The zero-order valence-corrected chi connectivity index (χ0v) is 12.8. The molecule has 1 unspecified atom stereocenters. The summed E-state index contributed by atoms with van der Waals surface area (Å²) >= 11 is 0. The number of benzene rings is 2. The van der Waals surface area contributed by atoms with Crippen LogP contribution in [0.5, 0.6) is 5.75 Å². The summed E-state index contributed by atoms with van der Waals surface area (Å²) < 4.78 is 5.62. The molecule has 2 amide bonds. The molecule has 2 aromatic carbocycles. The predicted octanol–water partition coefficient (Wildman–Crippen LogP) is 3.95. The lowest BCUT2D eigenvalue weighted by atomic mass is 10.0. The Kier molecular flexibility index (Phi) is 4.00. The first kappa shape index (κ1) is 14.4. The van der Waals surface area contributed by atoms with Gasteiger partial charge in [0, 0.05) is 17.7 Å². The molecular formula is C18H20N2O2. The summed E-state index contributed by atoms with van der Waals surface area (Å²) in [6, 6.07) is 13.7. The average molecular weight is 296 g/mol. The lowest BCUT2D eigenvalue weighted by molar-refractivity contribution is 0.232. The van der Waals surface area contributed by atoms with Crippen LogP contribution in [-0.2, 0) is 0 Å². The van der Waals surface area contributed by atoms with Gasteiger partial charge < -0.3 is 15.4 Å². The summed E-state index contributed by atoms with van der Waals surface area (Å²) in [5.41, 5.74) is 4.05. The SMILES string of the molecule is Cc1ccc(C)c(NC(=O)NC2CCOc3ccccc32)c1. The number of carbonyl (C=O) groups is 1. The van der Waals surface area contributed by atoms with Crippen LogP contribution in [0, 0.1) is 13.8 Å². The van der Waals surface area contributed by atoms with Crippen molar-refractivity contribution in [3.63, 3.8) is 0 Å². The maximum absolute atomic E-state index is 12.3. The Morgan fingerprint density at radius 3 is 2.86 bits per heavy atom. The van der Waals surface area contributed by atoms with Gasteiger partial charge in [-0.3, -0.25) is 0 Å². The van der Waals surface area contributed by atoms with E-state index in [1.807, 2.05) is 56.3 Å². The highest BCUT2D eigenvalue weighted by Crippen LogP contribution is 2.31. The van der Waals surface area contributed by atoms with Gasteiger partial charge in [0.25, 0.3) is 0 Å². The molecule has 22 heavy (non-hydrogen) atoms. The molecular weight excluding hydrogens is 276 g/mol. The molecule has 4 nitrogen and oxygen atoms in total. The van der Waals surface area contributed by atoms with E-state index in [1.165, 1.54) is 0 Å². The van der Waals surface area contributed by atoms with Gasteiger partial charge in [0.15, 0.2) is 0 Å². The Balaban J connectivity index is 1.72. The van der Waals surface area contributed by atoms with Crippen molar-refractivity contribution >= 4 is 11.7 Å². The number of fused-ring (bicyclic) bond motifs is 1. The van der Waals surface area contributed by atoms with E-state index in [0.29, 0.717) is 6.61 Å². The van der Waals surface area contributed by atoms with Gasteiger partial charge in [-0.2, -0.15) is 0 Å². The van der Waals surface area contributed by atoms with E-state index in [-0.39, 0.29) is 12.1 Å². The predicted molar refractivity (Wildman–Crippen MR) is 87.4 cm³/mol. The van der Waals surface area contributed by atoms with E-state index in [0.717, 1.165) is 34.5 Å². The van der Waals surface area contributed by atoms with Crippen LogP contribution in [0.4, 0.5) is 10.5 Å². The first-order valence-electron chi connectivity index (χ1n) is 7.50. The maximum Gasteiger partial charge on any atom is 0.319 e. The second kappa shape index (κ2) is 6.10. The third kappa shape index (κ3) is 3.06. The van der Waals surface area contributed by atoms with E-state index in [4.69, 9.17) is 4.74 Å². The quantitative estimate of drug-likeness (QED) is 0.881. The number of ether oxygens (including phenoxy) is 1. The number of rotatable bonds is 2. The first-order chi connectivity index (χ1) is 10.6. The molecule has 1 aliphatic heterocycles. The molecule has 0 fully saturated rings. The Labute approximate surface area is 130 Å². The molecule has 0 saturated heterocycles. The molecule has 2 aromatic rings. The van der Waals surface area contributed by atoms with Crippen molar-refractivity contribution in [3.8, 4) is 5.75 Å². The number of carbonyl (C=O) groups excluding carboxylic acids is 1. The summed E-state index contributed by atoms with van der Waals surface area (Å²) in [5.74, 6) is 0.853. The summed E-state index contributed by atoms with van der Waals surface area (Å²) in [6.07, 6.45) is 0.775. The molecule has 114 valence electrons. The number of urea groups is 1. The Morgan fingerprint density at radius 2 is 2.00 bits per heavy atom. The maximum atomic E-state index is 12.3. The fourth-order valence-corrected chi connectivity index (χ4v) is 2.68. The van der Waals surface area contributed by atoms with Crippen LogP contribution >= 0.6 is 0 Å². The lowest BCUT2D eigenvalue weighted by Crippen LogP contribution is -2.35. The number of para-hydroxylation sites is 1. The van der Waals surface area contributed by atoms with Crippen molar-refractivity contribution in [3.05, 3.63) is 59.2 Å². The van der Waals surface area contributed by atoms with Gasteiger partial charge in [-0.1, -0.05) is 30.3 Å². The molecule has 1 atom stereocenters. The van der Waals surface area contributed by atoms with E-state index < -0.39 is 0 Å². The van der Waals surface area contributed by atoms with Crippen molar-refractivity contribution in [2.45, 2.75) is 26.3 Å². The van der Waals surface area contributed by atoms with Crippen LogP contribution in [0.25, 0.3) is 0 Å². The standard InChI is InChI=1S/C18H20N2O2/c1-12-7-8-13(2)16(11-12)20-18(21)19-15-9-10-22-17-6-4-3-5-14(15)17/h3-8,11,15H,9-10H2,1-2H3,(H2,19,20,21). The molecule has 0 saturated carbocycles. The van der Waals surface area contributed by atoms with Gasteiger partial charge in [-0.05, 0) is 37.1 Å². The molecule has 1 heterocycles. The summed E-state index contributed by atoms with van der Waals surface area (Å²) in [4.78, 5) is 12.3. The molecule has 3 rings (SSSR count). The smallest absolute Gasteiger partial charge is 0.319 e. The van der Waals surface area contributed by atoms with Crippen molar-refractivity contribution < 1.29 is 9.53 Å². The molecule has 0 radical (unpaired) electrons. The van der Waals surface area contributed by atoms with E-state index in [1.54, 1.807) is 0 Å². The van der Waals surface area contributed by atoms with Crippen molar-refractivity contribution in [1.82, 2.24) is 5.32 Å². The zero-order valence-electron chi connectivity index (χ0n) is 12.8. The van der Waals surface area contributed by atoms with Crippen LogP contribution in [0.2, 0.25) is 0 Å². The lowest BCUT2D eigenvalue weighted by Gasteiger charge is -2.26. The van der Waals surface area contributed by atoms with Crippen LogP contribution in [0.15, 0.2) is 42.5 Å². The number of nitrogens with one attached hydrogen (secondary N) is 2. The van der Waals surface area contributed by atoms with Crippen molar-refractivity contribution in [2.24, 2.45) is 0 Å². The molecule has 1 aliphatic rings. The Bertz CT molecular complexity index is 697. The fraction of sp³-hybridized carbons (Fsp3) is 0.278. The number of anilines is 1. The van der Waals surface area contributed by atoms with Crippen LogP contribution < -0.4 is 15.4 Å². The normalized spacial score (nSPS) is 16.4. The summed E-state index contributed by atoms with van der Waals surface area (Å²) in [5, 5.41) is 5.98. The molecule has 0 bridgehead atoms. The molecule has 0 spiro atoms. The summed E-state index contributed by atoms with van der Waals surface area (Å²) in [7, 11) is 0. The van der Waals surface area contributed by atoms with Gasteiger partial charge in [0.1, 0.15) is 5.75 Å². The largest absolute Gasteiger partial charge is 0.493 e. The third-order valence-corrected chi connectivity index (χ3v) is 3.91. The monoisotopic (exact) mass is 296 g/mol. The number of hydrogen-bond acceptors (Lipinski definition) is 2. The second-order valence-electron chi connectivity index (χ2n) is 5.64. The van der Waals surface area contributed by atoms with Crippen LogP contribution in [0.3, 0.4) is 0 Å². The summed E-state index contributed by atoms with van der Waals surface area (Å²) in [6.45, 7) is 4.61. The van der Waals surface area contributed by atoms with Crippen LogP contribution in [-0.4, -0.2) is 12.6 Å². The highest BCUT2D eigenvalue weighted by atomic mass is 16.5. The second-order valence-corrected chi connectivity index (χ2v) is 5.64. The van der Waals surface area contributed by atoms with Crippen molar-refractivity contribution in [1.29, 1.82) is 0 Å². The van der Waals surface area contributed by atoms with Gasteiger partial charge in [0.2, 0.25) is 0 Å². The molecule has 2 N–H and O–H groups in total. The van der Waals surface area contributed by atoms with Crippen LogP contribution in [0.1, 0.15) is 29.2 Å². The number of amides is 2. The van der Waals surface area contributed by atoms with E-state index >= 15 is 0 Å². The topological polar surface area (TPSA) is 50.4 Å². The van der Waals surface area contributed by atoms with Gasteiger partial charge in [-0.25, -0.2) is 4.79 Å². The average Bonchev–Trinajstić information content (AvgIpc) is 2.51. The van der Waals surface area contributed by atoms with Crippen molar-refractivity contribution in [2.75, 3.05) is 11.9 Å². The Morgan fingerprint density at radius 1 is 1.18 bits per heavy atom. The minimum Gasteiger partial charge on any atom is -0.493 e. The number of hydrogen-bond donors (Lipinski definition) is 2. The highest BCUT2D eigenvalue weighted by molar-refractivity contribution is 5.90. The zero-order chi connectivity index (χ0) is 15.5. The molecule has 0 aliphatic carbocycles. The Hall–Kier alpha value is -2.49. The molecule has 0 aromatic heterocycles. The number of aryl methyl sites for hydroxylation is 2. The van der Waals surface area contributed by atoms with Gasteiger partial charge in [0.05, 0.1) is 12.6 Å². The minimum absolute atomic E-state index is 0.0185. The fourth-order valence-electron chi connectivity index (χ4n) is 2.68.